The van der Waals surface area contributed by atoms with Crippen molar-refractivity contribution in [3.05, 3.63) is 87.3 Å². The number of thiophene rings is 1. The van der Waals surface area contributed by atoms with Crippen LogP contribution in [0.3, 0.4) is 0 Å². The molecule has 0 spiro atoms. The molecule has 1 saturated carbocycles. The quantitative estimate of drug-likeness (QED) is 0.466. The number of anilines is 1. The summed E-state index contributed by atoms with van der Waals surface area (Å²) in [5.41, 5.74) is 0.980. The molecule has 32 heavy (non-hydrogen) atoms. The lowest BCUT2D eigenvalue weighted by atomic mass is 10.0. The van der Waals surface area contributed by atoms with Gasteiger partial charge in [0.05, 0.1) is 17.1 Å². The minimum Gasteiger partial charge on any atom is -0.351 e. The first-order chi connectivity index (χ1) is 15.5. The van der Waals surface area contributed by atoms with Gasteiger partial charge in [-0.1, -0.05) is 54.8 Å². The highest BCUT2D eigenvalue weighted by atomic mass is 35.5. The third-order valence-corrected chi connectivity index (χ3v) is 6.88. The summed E-state index contributed by atoms with van der Waals surface area (Å²) in [5, 5.41) is 5.39. The number of para-hydroxylation sites is 1. The molecule has 0 radical (unpaired) electrons. The highest BCUT2D eigenvalue weighted by Crippen LogP contribution is 2.34. The molecule has 1 aliphatic carbocycles. The Kier molecular flexibility index (Phi) is 7.22. The molecule has 166 valence electrons. The lowest BCUT2D eigenvalue weighted by Gasteiger charge is -2.33. The normalized spacial score (nSPS) is 14.8. The van der Waals surface area contributed by atoms with Crippen molar-refractivity contribution < 1.29 is 14.0 Å². The Hall–Kier alpha value is -2.70. The van der Waals surface area contributed by atoms with E-state index in [1.54, 1.807) is 36.4 Å². The fraction of sp³-hybridized carbons (Fsp3) is 0.280. The second kappa shape index (κ2) is 10.3. The summed E-state index contributed by atoms with van der Waals surface area (Å²) in [6, 6.07) is 15.6. The van der Waals surface area contributed by atoms with Crippen molar-refractivity contribution in [3.8, 4) is 0 Å². The lowest BCUT2D eigenvalue weighted by Crippen LogP contribution is -2.47. The summed E-state index contributed by atoms with van der Waals surface area (Å²) in [5.74, 6) is -0.947. The maximum absolute atomic E-state index is 13.7. The number of carbonyl (C=O) groups is 2. The number of nitrogens with one attached hydrogen (secondary N) is 1. The minimum absolute atomic E-state index is 0.0749. The summed E-state index contributed by atoms with van der Waals surface area (Å²) >= 11 is 7.98. The number of rotatable bonds is 7. The molecule has 7 heteroatoms. The van der Waals surface area contributed by atoms with Gasteiger partial charge in [0.2, 0.25) is 11.8 Å². The van der Waals surface area contributed by atoms with E-state index in [1.165, 1.54) is 28.4 Å². The van der Waals surface area contributed by atoms with E-state index >= 15 is 0 Å². The second-order valence-corrected chi connectivity index (χ2v) is 9.35. The predicted octanol–water partition coefficient (Wildman–Crippen LogP) is 5.92. The molecule has 1 heterocycles. The van der Waals surface area contributed by atoms with Gasteiger partial charge in [0.1, 0.15) is 11.9 Å². The standard InChI is InChI=1S/C25H24ClFN2O2S/c26-21-9-3-4-10-22(21)29(23(30)16-20-8-5-15-32-20)24(17-11-13-18(27)14-12-17)25(31)28-19-6-1-2-7-19/h3-5,8-15,19,24H,1-2,6-7,16H2,(H,28,31)/t24-/m1/s1. The van der Waals surface area contributed by atoms with Gasteiger partial charge >= 0.3 is 0 Å². The summed E-state index contributed by atoms with van der Waals surface area (Å²) < 4.78 is 13.7. The summed E-state index contributed by atoms with van der Waals surface area (Å²) in [4.78, 5) is 29.5. The number of hydrogen-bond acceptors (Lipinski definition) is 3. The number of hydrogen-bond donors (Lipinski definition) is 1. The predicted molar refractivity (Wildman–Crippen MR) is 127 cm³/mol. The molecule has 0 bridgehead atoms. The van der Waals surface area contributed by atoms with E-state index < -0.39 is 11.9 Å². The van der Waals surface area contributed by atoms with Crippen LogP contribution in [0, 0.1) is 5.82 Å². The van der Waals surface area contributed by atoms with Gasteiger partial charge in [0.25, 0.3) is 0 Å². The van der Waals surface area contributed by atoms with Gasteiger partial charge in [-0.25, -0.2) is 4.39 Å². The van der Waals surface area contributed by atoms with E-state index in [1.807, 2.05) is 17.5 Å². The SMILES string of the molecule is O=C(NC1CCCC1)[C@@H](c1ccc(F)cc1)N(C(=O)Cc1cccs1)c1ccccc1Cl. The van der Waals surface area contributed by atoms with Gasteiger partial charge in [0, 0.05) is 10.9 Å². The lowest BCUT2D eigenvalue weighted by molar-refractivity contribution is -0.127. The van der Waals surface area contributed by atoms with Crippen LogP contribution >= 0.6 is 22.9 Å². The Balaban J connectivity index is 1.77. The molecule has 2 amide bonds. The molecule has 4 nitrogen and oxygen atoms in total. The zero-order valence-corrected chi connectivity index (χ0v) is 19.0. The van der Waals surface area contributed by atoms with E-state index in [9.17, 15) is 14.0 Å². The van der Waals surface area contributed by atoms with E-state index in [2.05, 4.69) is 5.32 Å². The molecule has 1 atom stereocenters. The van der Waals surface area contributed by atoms with Crippen LogP contribution in [-0.2, 0) is 16.0 Å². The van der Waals surface area contributed by atoms with Crippen LogP contribution in [0.5, 0.6) is 0 Å². The molecule has 2 aromatic carbocycles. The zero-order valence-electron chi connectivity index (χ0n) is 17.5. The molecular formula is C25H24ClFN2O2S. The maximum Gasteiger partial charge on any atom is 0.248 e. The topological polar surface area (TPSA) is 49.4 Å². The molecule has 0 unspecified atom stereocenters. The number of halogens is 2. The third kappa shape index (κ3) is 5.19. The number of nitrogens with zero attached hydrogens (tertiary/aromatic N) is 1. The molecule has 1 fully saturated rings. The van der Waals surface area contributed by atoms with Crippen LogP contribution in [-0.4, -0.2) is 17.9 Å². The van der Waals surface area contributed by atoms with E-state index in [0.29, 0.717) is 16.3 Å². The van der Waals surface area contributed by atoms with E-state index in [4.69, 9.17) is 11.6 Å². The van der Waals surface area contributed by atoms with Crippen molar-refractivity contribution in [3.63, 3.8) is 0 Å². The Labute approximate surface area is 196 Å². The fourth-order valence-electron chi connectivity index (χ4n) is 4.12. The van der Waals surface area contributed by atoms with Crippen LogP contribution in [0.15, 0.2) is 66.0 Å². The molecule has 0 saturated heterocycles. The largest absolute Gasteiger partial charge is 0.351 e. The van der Waals surface area contributed by atoms with Crippen LogP contribution in [0.25, 0.3) is 0 Å². The number of amides is 2. The van der Waals surface area contributed by atoms with Gasteiger partial charge in [-0.15, -0.1) is 11.3 Å². The highest BCUT2D eigenvalue weighted by Gasteiger charge is 2.35. The minimum atomic E-state index is -0.969. The molecule has 1 aliphatic rings. The first-order valence-corrected chi connectivity index (χ1v) is 11.9. The smallest absolute Gasteiger partial charge is 0.248 e. The number of carbonyl (C=O) groups excluding carboxylic acids is 2. The molecule has 0 aliphatic heterocycles. The van der Waals surface area contributed by atoms with Crippen LogP contribution in [0.1, 0.15) is 42.2 Å². The summed E-state index contributed by atoms with van der Waals surface area (Å²) in [6.45, 7) is 0. The van der Waals surface area contributed by atoms with Gasteiger partial charge in [0.15, 0.2) is 0 Å². The van der Waals surface area contributed by atoms with E-state index in [0.717, 1.165) is 30.6 Å². The van der Waals surface area contributed by atoms with Crippen LogP contribution < -0.4 is 10.2 Å². The van der Waals surface area contributed by atoms with Crippen molar-refractivity contribution in [1.29, 1.82) is 0 Å². The number of benzene rings is 2. The van der Waals surface area contributed by atoms with E-state index in [-0.39, 0.29) is 24.3 Å². The Bertz CT molecular complexity index is 1070. The van der Waals surface area contributed by atoms with Crippen molar-refractivity contribution >= 4 is 40.4 Å². The van der Waals surface area contributed by atoms with Crippen molar-refractivity contribution in [2.45, 2.75) is 44.2 Å². The first kappa shape index (κ1) is 22.5. The van der Waals surface area contributed by atoms with Crippen molar-refractivity contribution in [2.75, 3.05) is 4.90 Å². The Morgan fingerprint density at radius 3 is 2.44 bits per heavy atom. The second-order valence-electron chi connectivity index (χ2n) is 7.92. The highest BCUT2D eigenvalue weighted by molar-refractivity contribution is 7.10. The first-order valence-electron chi connectivity index (χ1n) is 10.7. The Morgan fingerprint density at radius 2 is 1.78 bits per heavy atom. The van der Waals surface area contributed by atoms with Gasteiger partial charge < -0.3 is 5.32 Å². The average molecular weight is 471 g/mol. The molecule has 1 aromatic heterocycles. The van der Waals surface area contributed by atoms with Crippen LogP contribution in [0.2, 0.25) is 5.02 Å². The zero-order chi connectivity index (χ0) is 22.5. The van der Waals surface area contributed by atoms with Crippen LogP contribution in [0.4, 0.5) is 10.1 Å². The molecule has 3 aromatic rings. The maximum atomic E-state index is 13.7. The fourth-order valence-corrected chi connectivity index (χ4v) is 5.05. The van der Waals surface area contributed by atoms with Gasteiger partial charge in [-0.3, -0.25) is 14.5 Å². The monoisotopic (exact) mass is 470 g/mol. The molecule has 1 N–H and O–H groups in total. The summed E-state index contributed by atoms with van der Waals surface area (Å²) in [6.07, 6.45) is 4.10. The molecular weight excluding hydrogens is 447 g/mol. The average Bonchev–Trinajstić information content (AvgIpc) is 3.48. The molecule has 4 rings (SSSR count). The van der Waals surface area contributed by atoms with Crippen molar-refractivity contribution in [2.24, 2.45) is 0 Å². The Morgan fingerprint density at radius 1 is 1.06 bits per heavy atom. The van der Waals surface area contributed by atoms with Crippen molar-refractivity contribution in [1.82, 2.24) is 5.32 Å². The third-order valence-electron chi connectivity index (χ3n) is 5.68. The van der Waals surface area contributed by atoms with Gasteiger partial charge in [-0.05, 0) is 54.1 Å². The van der Waals surface area contributed by atoms with Gasteiger partial charge in [-0.2, -0.15) is 0 Å². The summed E-state index contributed by atoms with van der Waals surface area (Å²) in [7, 11) is 0.